The number of benzene rings is 1. The minimum absolute atomic E-state index is 0.0460. The molecule has 0 saturated heterocycles. The number of hydrogen-bond acceptors (Lipinski definition) is 3. The maximum Gasteiger partial charge on any atom is 0.166 e. The molecule has 0 saturated carbocycles. The molecular formula is C16H19N3O. The van der Waals surface area contributed by atoms with Gasteiger partial charge in [-0.25, -0.2) is 4.98 Å². The fraction of sp³-hybridized carbons (Fsp3) is 0.438. The average Bonchev–Trinajstić information content (AvgIpc) is 2.90. The highest BCUT2D eigenvalue weighted by molar-refractivity contribution is 6.00. The molecule has 1 aromatic carbocycles. The van der Waals surface area contributed by atoms with Gasteiger partial charge < -0.3 is 0 Å². The molecule has 20 heavy (non-hydrogen) atoms. The third-order valence-electron chi connectivity index (χ3n) is 3.98. The summed E-state index contributed by atoms with van der Waals surface area (Å²) in [5, 5.41) is 4.24. The topological polar surface area (TPSA) is 47.8 Å². The minimum atomic E-state index is 0.0460. The molecule has 0 N–H and O–H groups in total. The lowest BCUT2D eigenvalue weighted by Gasteiger charge is -2.23. The molecule has 0 bridgehead atoms. The van der Waals surface area contributed by atoms with Gasteiger partial charge in [0, 0.05) is 24.4 Å². The Morgan fingerprint density at radius 1 is 1.35 bits per heavy atom. The zero-order chi connectivity index (χ0) is 13.9. The van der Waals surface area contributed by atoms with Crippen molar-refractivity contribution in [2.24, 2.45) is 5.92 Å². The molecule has 1 aliphatic rings. The van der Waals surface area contributed by atoms with Crippen LogP contribution in [0.5, 0.6) is 0 Å². The van der Waals surface area contributed by atoms with Crippen molar-refractivity contribution < 1.29 is 4.79 Å². The van der Waals surface area contributed by atoms with Crippen LogP contribution in [-0.4, -0.2) is 20.5 Å². The number of ketones is 1. The third kappa shape index (κ3) is 2.38. The maximum atomic E-state index is 12.6. The number of carbonyl (C=O) groups is 1. The van der Waals surface area contributed by atoms with Gasteiger partial charge in [0.05, 0.1) is 0 Å². The Labute approximate surface area is 118 Å². The number of carbonyl (C=O) groups excluding carboxylic acids is 1. The highest BCUT2D eigenvalue weighted by Gasteiger charge is 2.28. The highest BCUT2D eigenvalue weighted by atomic mass is 16.1. The summed E-state index contributed by atoms with van der Waals surface area (Å²) in [6.45, 7) is 2.99. The average molecular weight is 269 g/mol. The monoisotopic (exact) mass is 269 g/mol. The van der Waals surface area contributed by atoms with Gasteiger partial charge in [0.2, 0.25) is 0 Å². The summed E-state index contributed by atoms with van der Waals surface area (Å²) in [5.41, 5.74) is 2.08. The lowest BCUT2D eigenvalue weighted by atomic mass is 9.81. The van der Waals surface area contributed by atoms with Crippen LogP contribution >= 0.6 is 0 Å². The summed E-state index contributed by atoms with van der Waals surface area (Å²) in [4.78, 5) is 16.9. The van der Waals surface area contributed by atoms with Crippen molar-refractivity contribution in [3.63, 3.8) is 0 Å². The molecule has 1 atom stereocenters. The molecule has 1 heterocycles. The molecule has 0 fully saturated rings. The molecule has 0 aliphatic heterocycles. The lowest BCUT2D eigenvalue weighted by molar-refractivity contribution is 0.0899. The Balaban J connectivity index is 1.79. The van der Waals surface area contributed by atoms with E-state index in [1.165, 1.54) is 5.56 Å². The highest BCUT2D eigenvalue weighted by Crippen LogP contribution is 2.27. The summed E-state index contributed by atoms with van der Waals surface area (Å²) >= 11 is 0. The second-order valence-electron chi connectivity index (χ2n) is 5.36. The van der Waals surface area contributed by atoms with Crippen LogP contribution in [0.3, 0.4) is 0 Å². The van der Waals surface area contributed by atoms with E-state index in [9.17, 15) is 4.79 Å². The van der Waals surface area contributed by atoms with E-state index in [2.05, 4.69) is 23.1 Å². The van der Waals surface area contributed by atoms with Gasteiger partial charge in [0.15, 0.2) is 5.78 Å². The van der Waals surface area contributed by atoms with Crippen molar-refractivity contribution in [3.05, 3.63) is 47.5 Å². The smallest absolute Gasteiger partial charge is 0.166 e. The number of fused-ring (bicyclic) bond motifs is 1. The fourth-order valence-electron chi connectivity index (χ4n) is 2.92. The largest absolute Gasteiger partial charge is 0.294 e. The first-order valence-electron chi connectivity index (χ1n) is 7.28. The van der Waals surface area contributed by atoms with Crippen LogP contribution in [0.4, 0.5) is 0 Å². The standard InChI is InChI=1S/C16H19N3O/c1-2-9-19-15(17-11-18-19)10-13-8-7-12-5-3-4-6-14(12)16(13)20/h3-6,11,13H,2,7-10H2,1H3. The van der Waals surface area contributed by atoms with Gasteiger partial charge in [0.25, 0.3) is 0 Å². The van der Waals surface area contributed by atoms with Gasteiger partial charge in [-0.3, -0.25) is 9.48 Å². The second kappa shape index (κ2) is 5.57. The Morgan fingerprint density at radius 3 is 3.05 bits per heavy atom. The first kappa shape index (κ1) is 13.0. The van der Waals surface area contributed by atoms with Gasteiger partial charge in [-0.1, -0.05) is 31.2 Å². The number of hydrogen-bond donors (Lipinski definition) is 0. The molecule has 1 unspecified atom stereocenters. The summed E-state index contributed by atoms with van der Waals surface area (Å²) in [6.07, 6.45) is 5.21. The van der Waals surface area contributed by atoms with Crippen molar-refractivity contribution in [1.82, 2.24) is 14.8 Å². The van der Waals surface area contributed by atoms with E-state index >= 15 is 0 Å². The Morgan fingerprint density at radius 2 is 2.20 bits per heavy atom. The Kier molecular flexibility index (Phi) is 3.63. The summed E-state index contributed by atoms with van der Waals surface area (Å²) in [5.74, 6) is 1.24. The van der Waals surface area contributed by atoms with Crippen molar-refractivity contribution in [2.45, 2.75) is 39.2 Å². The van der Waals surface area contributed by atoms with Crippen LogP contribution in [0.2, 0.25) is 0 Å². The van der Waals surface area contributed by atoms with Gasteiger partial charge in [0.1, 0.15) is 12.2 Å². The molecule has 0 spiro atoms. The molecule has 1 aromatic heterocycles. The normalized spacial score (nSPS) is 18.1. The zero-order valence-electron chi connectivity index (χ0n) is 11.7. The number of Topliss-reactive ketones (excluding diaryl/α,β-unsaturated/α-hetero) is 1. The SMILES string of the molecule is CCCn1ncnc1CC1CCc2ccccc2C1=O. The molecule has 4 heteroatoms. The molecule has 0 amide bonds. The molecule has 4 nitrogen and oxygen atoms in total. The van der Waals surface area contributed by atoms with Gasteiger partial charge in [-0.15, -0.1) is 0 Å². The van der Waals surface area contributed by atoms with E-state index in [1.807, 2.05) is 22.9 Å². The first-order valence-corrected chi connectivity index (χ1v) is 7.28. The Hall–Kier alpha value is -1.97. The second-order valence-corrected chi connectivity index (χ2v) is 5.36. The van der Waals surface area contributed by atoms with Gasteiger partial charge >= 0.3 is 0 Å². The number of aromatic nitrogens is 3. The van der Waals surface area contributed by atoms with Crippen LogP contribution in [0, 0.1) is 5.92 Å². The Bertz CT molecular complexity index is 618. The van der Waals surface area contributed by atoms with Gasteiger partial charge in [-0.05, 0) is 24.8 Å². The predicted octanol–water partition coefficient (Wildman–Crippen LogP) is 2.68. The van der Waals surface area contributed by atoms with Gasteiger partial charge in [-0.2, -0.15) is 5.10 Å². The first-order chi connectivity index (χ1) is 9.79. The van der Waals surface area contributed by atoms with Crippen LogP contribution in [-0.2, 0) is 19.4 Å². The van der Waals surface area contributed by atoms with Crippen LogP contribution in [0.25, 0.3) is 0 Å². The molecule has 0 radical (unpaired) electrons. The van der Waals surface area contributed by atoms with E-state index in [1.54, 1.807) is 6.33 Å². The minimum Gasteiger partial charge on any atom is -0.294 e. The molecule has 1 aliphatic carbocycles. The van der Waals surface area contributed by atoms with Crippen LogP contribution in [0.1, 0.15) is 41.5 Å². The number of aryl methyl sites for hydroxylation is 2. The van der Waals surface area contributed by atoms with Crippen molar-refractivity contribution in [2.75, 3.05) is 0 Å². The fourth-order valence-corrected chi connectivity index (χ4v) is 2.92. The van der Waals surface area contributed by atoms with Crippen LogP contribution in [0.15, 0.2) is 30.6 Å². The quantitative estimate of drug-likeness (QED) is 0.857. The maximum absolute atomic E-state index is 12.6. The van der Waals surface area contributed by atoms with E-state index in [0.29, 0.717) is 6.42 Å². The summed E-state index contributed by atoms with van der Waals surface area (Å²) < 4.78 is 1.92. The molecule has 3 rings (SSSR count). The van der Waals surface area contributed by atoms with Crippen molar-refractivity contribution >= 4 is 5.78 Å². The predicted molar refractivity (Wildman–Crippen MR) is 76.6 cm³/mol. The lowest BCUT2D eigenvalue weighted by Crippen LogP contribution is -2.25. The van der Waals surface area contributed by atoms with Crippen molar-refractivity contribution in [1.29, 1.82) is 0 Å². The van der Waals surface area contributed by atoms with E-state index in [0.717, 1.165) is 37.2 Å². The number of rotatable bonds is 4. The van der Waals surface area contributed by atoms with E-state index in [4.69, 9.17) is 0 Å². The van der Waals surface area contributed by atoms with Crippen LogP contribution < -0.4 is 0 Å². The molecule has 104 valence electrons. The summed E-state index contributed by atoms with van der Waals surface area (Å²) in [6, 6.07) is 7.95. The third-order valence-corrected chi connectivity index (χ3v) is 3.98. The van der Waals surface area contributed by atoms with E-state index in [-0.39, 0.29) is 11.7 Å². The molecule has 2 aromatic rings. The van der Waals surface area contributed by atoms with Crippen molar-refractivity contribution in [3.8, 4) is 0 Å². The number of nitrogens with zero attached hydrogens (tertiary/aromatic N) is 3. The molecular weight excluding hydrogens is 250 g/mol. The summed E-state index contributed by atoms with van der Waals surface area (Å²) in [7, 11) is 0. The van der Waals surface area contributed by atoms with E-state index < -0.39 is 0 Å². The zero-order valence-corrected chi connectivity index (χ0v) is 11.7.